The van der Waals surface area contributed by atoms with E-state index in [0.717, 1.165) is 5.56 Å². The van der Waals surface area contributed by atoms with Gasteiger partial charge in [0.2, 0.25) is 0 Å². The van der Waals surface area contributed by atoms with E-state index in [1.807, 2.05) is 12.1 Å². The van der Waals surface area contributed by atoms with Gasteiger partial charge in [-0.15, -0.1) is 0 Å². The number of nitrogens with zero attached hydrogens (tertiary/aromatic N) is 1. The first-order valence-corrected chi connectivity index (χ1v) is 4.88. The van der Waals surface area contributed by atoms with Gasteiger partial charge in [-0.05, 0) is 24.6 Å². The van der Waals surface area contributed by atoms with E-state index in [1.54, 1.807) is 25.3 Å². The molecule has 0 aromatic heterocycles. The molecular weight excluding hydrogens is 214 g/mol. The highest BCUT2D eigenvalue weighted by molar-refractivity contribution is 6.30. The number of aliphatic imine (C=N–C) groups is 1. The summed E-state index contributed by atoms with van der Waals surface area (Å²) >= 11 is 5.73. The maximum absolute atomic E-state index is 11.0. The van der Waals surface area contributed by atoms with Crippen molar-refractivity contribution in [1.82, 2.24) is 0 Å². The minimum absolute atomic E-state index is 0.347. The summed E-state index contributed by atoms with van der Waals surface area (Å²) in [5.74, 6) is -0.347. The number of hydrogen-bond acceptors (Lipinski definition) is 3. The summed E-state index contributed by atoms with van der Waals surface area (Å²) in [6, 6.07) is 6.72. The van der Waals surface area contributed by atoms with Gasteiger partial charge in [-0.3, -0.25) is 4.99 Å². The van der Waals surface area contributed by atoms with Crippen LogP contribution in [0.3, 0.4) is 0 Å². The lowest BCUT2D eigenvalue weighted by molar-refractivity contribution is -0.141. The quantitative estimate of drug-likeness (QED) is 0.585. The molecule has 1 aromatic carbocycles. The minimum atomic E-state index is -0.481. The molecule has 0 spiro atoms. The molecule has 0 saturated carbocycles. The molecule has 1 atom stereocenters. The molecule has 4 heteroatoms. The van der Waals surface area contributed by atoms with Crippen LogP contribution >= 0.6 is 11.6 Å². The molecule has 0 heterocycles. The molecular formula is C11H12ClNO2. The summed E-state index contributed by atoms with van der Waals surface area (Å²) < 4.78 is 4.55. The molecule has 1 rings (SSSR count). The number of rotatable bonds is 3. The monoisotopic (exact) mass is 225 g/mol. The van der Waals surface area contributed by atoms with Crippen LogP contribution in [0.25, 0.3) is 0 Å². The van der Waals surface area contributed by atoms with Gasteiger partial charge < -0.3 is 4.74 Å². The third-order valence-corrected chi connectivity index (χ3v) is 2.11. The highest BCUT2D eigenvalue weighted by atomic mass is 35.5. The molecule has 0 N–H and O–H groups in total. The van der Waals surface area contributed by atoms with Gasteiger partial charge >= 0.3 is 5.97 Å². The zero-order valence-electron chi connectivity index (χ0n) is 8.61. The number of halogens is 1. The second-order valence-corrected chi connectivity index (χ2v) is 3.47. The van der Waals surface area contributed by atoms with Crippen LogP contribution < -0.4 is 0 Å². The van der Waals surface area contributed by atoms with Gasteiger partial charge in [0.05, 0.1) is 7.11 Å². The molecule has 0 aliphatic rings. The van der Waals surface area contributed by atoms with E-state index in [0.29, 0.717) is 5.02 Å². The van der Waals surface area contributed by atoms with Gasteiger partial charge in [-0.1, -0.05) is 23.7 Å². The molecule has 80 valence electrons. The third-order valence-electron chi connectivity index (χ3n) is 1.86. The fraction of sp³-hybridized carbons (Fsp3) is 0.273. The number of hydrogen-bond donors (Lipinski definition) is 0. The van der Waals surface area contributed by atoms with Crippen LogP contribution in [0.5, 0.6) is 0 Å². The number of ether oxygens (including phenoxy) is 1. The summed E-state index contributed by atoms with van der Waals surface area (Å²) in [5, 5.41) is 0.674. The second kappa shape index (κ2) is 5.51. The number of benzene rings is 1. The summed E-state index contributed by atoms with van der Waals surface area (Å²) in [6.07, 6.45) is 1.62. The zero-order valence-corrected chi connectivity index (χ0v) is 9.36. The Labute approximate surface area is 93.7 Å². The predicted molar refractivity (Wildman–Crippen MR) is 60.5 cm³/mol. The van der Waals surface area contributed by atoms with E-state index in [2.05, 4.69) is 9.73 Å². The van der Waals surface area contributed by atoms with E-state index in [9.17, 15) is 4.79 Å². The van der Waals surface area contributed by atoms with E-state index in [4.69, 9.17) is 11.6 Å². The van der Waals surface area contributed by atoms with Gasteiger partial charge in [0, 0.05) is 11.2 Å². The molecule has 0 amide bonds. The summed E-state index contributed by atoms with van der Waals surface area (Å²) in [4.78, 5) is 15.1. The Hall–Kier alpha value is -1.35. The van der Waals surface area contributed by atoms with Gasteiger partial charge in [-0.2, -0.15) is 0 Å². The molecule has 0 radical (unpaired) electrons. The summed E-state index contributed by atoms with van der Waals surface area (Å²) in [5.41, 5.74) is 0.898. The Morgan fingerprint density at radius 2 is 2.07 bits per heavy atom. The van der Waals surface area contributed by atoms with Crippen molar-refractivity contribution in [1.29, 1.82) is 0 Å². The normalized spacial score (nSPS) is 12.7. The van der Waals surface area contributed by atoms with E-state index >= 15 is 0 Å². The Balaban J connectivity index is 2.65. The van der Waals surface area contributed by atoms with Gasteiger partial charge in [0.15, 0.2) is 0 Å². The van der Waals surface area contributed by atoms with Gasteiger partial charge in [0.1, 0.15) is 6.04 Å². The molecule has 0 saturated heterocycles. The minimum Gasteiger partial charge on any atom is -0.467 e. The van der Waals surface area contributed by atoms with Gasteiger partial charge in [0.25, 0.3) is 0 Å². The van der Waals surface area contributed by atoms with Crippen molar-refractivity contribution in [3.63, 3.8) is 0 Å². The van der Waals surface area contributed by atoms with Crippen molar-refractivity contribution in [2.45, 2.75) is 13.0 Å². The van der Waals surface area contributed by atoms with Crippen LogP contribution in [-0.2, 0) is 9.53 Å². The van der Waals surface area contributed by atoms with Crippen molar-refractivity contribution in [3.8, 4) is 0 Å². The fourth-order valence-electron chi connectivity index (χ4n) is 0.978. The largest absolute Gasteiger partial charge is 0.467 e. The Morgan fingerprint density at radius 3 is 2.60 bits per heavy atom. The molecule has 0 bridgehead atoms. The molecule has 0 aliphatic carbocycles. The smallest absolute Gasteiger partial charge is 0.330 e. The maximum atomic E-state index is 11.0. The second-order valence-electron chi connectivity index (χ2n) is 3.03. The maximum Gasteiger partial charge on any atom is 0.330 e. The fourth-order valence-corrected chi connectivity index (χ4v) is 1.10. The molecule has 15 heavy (non-hydrogen) atoms. The SMILES string of the molecule is COC(=O)C(C)N=Cc1ccc(Cl)cc1. The first-order valence-electron chi connectivity index (χ1n) is 4.50. The van der Waals surface area contributed by atoms with Crippen LogP contribution in [0.2, 0.25) is 5.02 Å². The molecule has 1 unspecified atom stereocenters. The van der Waals surface area contributed by atoms with E-state index in [1.165, 1.54) is 7.11 Å². The average molecular weight is 226 g/mol. The number of carbonyl (C=O) groups excluding carboxylic acids is 1. The predicted octanol–water partition coefficient (Wildman–Crippen LogP) is 2.32. The van der Waals surface area contributed by atoms with Crippen LogP contribution in [0.15, 0.2) is 29.3 Å². The lowest BCUT2D eigenvalue weighted by atomic mass is 10.2. The highest BCUT2D eigenvalue weighted by Gasteiger charge is 2.09. The Kier molecular flexibility index (Phi) is 4.31. The van der Waals surface area contributed by atoms with E-state index < -0.39 is 6.04 Å². The molecule has 3 nitrogen and oxygen atoms in total. The number of esters is 1. The molecule has 0 aliphatic heterocycles. The van der Waals surface area contributed by atoms with Crippen LogP contribution in [0.4, 0.5) is 0 Å². The topological polar surface area (TPSA) is 38.7 Å². The van der Waals surface area contributed by atoms with Crippen molar-refractivity contribution in [2.24, 2.45) is 4.99 Å². The van der Waals surface area contributed by atoms with Crippen LogP contribution in [0.1, 0.15) is 12.5 Å². The highest BCUT2D eigenvalue weighted by Crippen LogP contribution is 2.08. The molecule has 0 fully saturated rings. The van der Waals surface area contributed by atoms with Crippen molar-refractivity contribution >= 4 is 23.8 Å². The summed E-state index contributed by atoms with van der Waals surface area (Å²) in [7, 11) is 1.34. The Bertz CT molecular complexity index is 359. The van der Waals surface area contributed by atoms with E-state index in [-0.39, 0.29) is 5.97 Å². The van der Waals surface area contributed by atoms with Crippen LogP contribution in [-0.4, -0.2) is 25.3 Å². The van der Waals surface area contributed by atoms with Crippen molar-refractivity contribution in [2.75, 3.05) is 7.11 Å². The van der Waals surface area contributed by atoms with Crippen LogP contribution in [0, 0.1) is 0 Å². The first kappa shape index (κ1) is 11.7. The van der Waals surface area contributed by atoms with Crippen molar-refractivity contribution < 1.29 is 9.53 Å². The Morgan fingerprint density at radius 1 is 1.47 bits per heavy atom. The lowest BCUT2D eigenvalue weighted by Gasteiger charge is -2.02. The zero-order chi connectivity index (χ0) is 11.3. The summed E-state index contributed by atoms with van der Waals surface area (Å²) in [6.45, 7) is 1.68. The number of carbonyl (C=O) groups is 1. The average Bonchev–Trinajstić information content (AvgIpc) is 2.26. The lowest BCUT2D eigenvalue weighted by Crippen LogP contribution is -2.16. The first-order chi connectivity index (χ1) is 7.13. The third kappa shape index (κ3) is 3.72. The standard InChI is InChI=1S/C11H12ClNO2/c1-8(11(14)15-2)13-7-9-3-5-10(12)6-4-9/h3-8H,1-2H3. The van der Waals surface area contributed by atoms with Crippen molar-refractivity contribution in [3.05, 3.63) is 34.9 Å². The number of methoxy groups -OCH3 is 1. The van der Waals surface area contributed by atoms with Gasteiger partial charge in [-0.25, -0.2) is 4.79 Å². The molecule has 1 aromatic rings.